The van der Waals surface area contributed by atoms with Gasteiger partial charge in [0.25, 0.3) is 0 Å². The second kappa shape index (κ2) is 2.88. The molecule has 0 nitrogen and oxygen atoms in total. The molecule has 0 aliphatic heterocycles. The van der Waals surface area contributed by atoms with Crippen LogP contribution in [0.5, 0.6) is 0 Å². The van der Waals surface area contributed by atoms with E-state index in [2.05, 4.69) is 0 Å². The number of rotatable bonds is 2. The number of hydrogen-bond donors (Lipinski definition) is 0. The summed E-state index contributed by atoms with van der Waals surface area (Å²) in [5, 5.41) is 0. The first-order valence-corrected chi connectivity index (χ1v) is 6.30. The van der Waals surface area contributed by atoms with Crippen LogP contribution in [-0.4, -0.2) is 0 Å². The topological polar surface area (TPSA) is 0 Å². The van der Waals surface area contributed by atoms with Crippen LogP contribution in [0.2, 0.25) is 0 Å². The van der Waals surface area contributed by atoms with Crippen LogP contribution in [0.4, 0.5) is 23.8 Å². The average Bonchev–Trinajstić information content (AvgIpc) is 1.98. The van der Waals surface area contributed by atoms with Crippen LogP contribution in [-0.2, 0) is 0 Å². The number of halogens is 6. The Bertz CT molecular complexity index is 418. The van der Waals surface area contributed by atoms with E-state index in [0.29, 0.717) is 6.07 Å². The summed E-state index contributed by atoms with van der Waals surface area (Å²) in [6.07, 6.45) is 0. The molecule has 94 valence electrons. The summed E-state index contributed by atoms with van der Waals surface area (Å²) >= 11 is 0. The van der Waals surface area contributed by atoms with Crippen molar-refractivity contribution in [1.29, 1.82) is 0 Å². The first-order chi connectivity index (χ1) is 6.81. The molecule has 0 unspecified atom stereocenters. The van der Waals surface area contributed by atoms with Crippen molar-refractivity contribution in [3.8, 4) is 0 Å². The lowest BCUT2D eigenvalue weighted by molar-refractivity contribution is 0.355. The van der Waals surface area contributed by atoms with Gasteiger partial charge in [0.05, 0.1) is 0 Å². The summed E-state index contributed by atoms with van der Waals surface area (Å²) in [6, 6.07) is 1.46. The van der Waals surface area contributed by atoms with Gasteiger partial charge in [0.2, 0.25) is 0 Å². The van der Waals surface area contributed by atoms with Gasteiger partial charge in [-0.3, -0.25) is 0 Å². The lowest BCUT2D eigenvalue weighted by atomic mass is 10.0. The average molecular weight is 264 g/mol. The van der Waals surface area contributed by atoms with Gasteiger partial charge < -0.3 is 0 Å². The highest BCUT2D eigenvalue weighted by Crippen LogP contribution is 3.02. The summed E-state index contributed by atoms with van der Waals surface area (Å²) in [6.45, 7) is 3.24. The van der Waals surface area contributed by atoms with Gasteiger partial charge in [-0.2, -0.15) is 0 Å². The van der Waals surface area contributed by atoms with Gasteiger partial charge in [-0.05, 0) is 23.6 Å². The Morgan fingerprint density at radius 3 is 1.81 bits per heavy atom. The Morgan fingerprint density at radius 1 is 1.00 bits per heavy atom. The molecule has 1 rings (SSSR count). The lowest BCUT2D eigenvalue weighted by Crippen LogP contribution is -2.09. The zero-order valence-corrected chi connectivity index (χ0v) is 9.30. The van der Waals surface area contributed by atoms with Crippen LogP contribution in [0.15, 0.2) is 23.1 Å². The predicted molar refractivity (Wildman–Crippen MR) is 51.9 cm³/mol. The van der Waals surface area contributed by atoms with Gasteiger partial charge in [0.15, 0.2) is 0 Å². The van der Waals surface area contributed by atoms with Crippen LogP contribution >= 0.6 is 10.2 Å². The highest BCUT2D eigenvalue weighted by Gasteiger charge is 2.67. The van der Waals surface area contributed by atoms with E-state index in [1.54, 1.807) is 13.8 Å². The third kappa shape index (κ3) is 2.84. The first kappa shape index (κ1) is 13.2. The summed E-state index contributed by atoms with van der Waals surface area (Å²) in [7, 11) is -9.91. The minimum absolute atomic E-state index is 0.103. The summed E-state index contributed by atoms with van der Waals surface area (Å²) in [5.74, 6) is -2.16. The van der Waals surface area contributed by atoms with Crippen molar-refractivity contribution in [3.63, 3.8) is 0 Å². The molecule has 0 saturated carbocycles. The van der Waals surface area contributed by atoms with Crippen molar-refractivity contribution >= 4 is 10.2 Å². The molecule has 0 fully saturated rings. The first-order valence-electron chi connectivity index (χ1n) is 4.35. The number of hydrogen-bond acceptors (Lipinski definition) is 0. The molecule has 0 heterocycles. The van der Waals surface area contributed by atoms with E-state index in [9.17, 15) is 23.8 Å². The molecule has 7 heteroatoms. The molecule has 0 radical (unpaired) electrons. The Morgan fingerprint density at radius 2 is 1.50 bits per heavy atom. The fraction of sp³-hybridized carbons (Fsp3) is 0.333. The maximum absolute atomic E-state index is 13.0. The van der Waals surface area contributed by atoms with Crippen LogP contribution in [0.3, 0.4) is 0 Å². The van der Waals surface area contributed by atoms with Gasteiger partial charge >= 0.3 is 10.2 Å². The van der Waals surface area contributed by atoms with Crippen molar-refractivity contribution in [2.75, 3.05) is 0 Å². The van der Waals surface area contributed by atoms with Crippen molar-refractivity contribution in [3.05, 3.63) is 29.6 Å². The minimum atomic E-state index is -9.91. The maximum Gasteiger partial charge on any atom is 0.313 e. The smallest absolute Gasteiger partial charge is 0.205 e. The minimum Gasteiger partial charge on any atom is -0.205 e. The Labute approximate surface area is 89.0 Å². The normalized spacial score (nSPS) is 17.1. The second-order valence-corrected chi connectivity index (χ2v) is 6.19. The zero-order valence-electron chi connectivity index (χ0n) is 8.49. The molecular formula is C9H10F6S. The molecule has 0 atom stereocenters. The highest BCUT2D eigenvalue weighted by molar-refractivity contribution is 8.45. The molecule has 0 aromatic heterocycles. The Hall–Kier alpha value is -0.850. The van der Waals surface area contributed by atoms with E-state index in [1.807, 2.05) is 0 Å². The zero-order chi connectivity index (χ0) is 12.8. The molecule has 0 aliphatic rings. The summed E-state index contributed by atoms with van der Waals surface area (Å²) < 4.78 is 74.5. The summed E-state index contributed by atoms with van der Waals surface area (Å²) in [4.78, 5) is -2.45. The fourth-order valence-electron chi connectivity index (χ4n) is 1.19. The molecule has 0 spiro atoms. The lowest BCUT2D eigenvalue weighted by Gasteiger charge is -2.40. The Balaban J connectivity index is 3.42. The van der Waals surface area contributed by atoms with E-state index in [-0.39, 0.29) is 17.5 Å². The third-order valence-corrected chi connectivity index (χ3v) is 3.20. The molecule has 1 aromatic rings. The van der Waals surface area contributed by atoms with E-state index in [0.717, 1.165) is 6.07 Å². The monoisotopic (exact) mass is 264 g/mol. The van der Waals surface area contributed by atoms with Gasteiger partial charge in [-0.1, -0.05) is 39.3 Å². The van der Waals surface area contributed by atoms with Crippen molar-refractivity contribution in [1.82, 2.24) is 0 Å². The van der Waals surface area contributed by atoms with Gasteiger partial charge in [0, 0.05) is 0 Å². The molecular weight excluding hydrogens is 254 g/mol. The quantitative estimate of drug-likeness (QED) is 0.609. The standard InChI is InChI=1S/C9H10F6S/c1-6(2)7-3-4-9(8(10)5-7)16(11,12,13,14)15/h3-6H,1-2H3. The van der Waals surface area contributed by atoms with Crippen LogP contribution < -0.4 is 0 Å². The number of benzene rings is 1. The van der Waals surface area contributed by atoms with E-state index >= 15 is 0 Å². The third-order valence-electron chi connectivity index (χ3n) is 2.04. The van der Waals surface area contributed by atoms with Crippen molar-refractivity contribution in [2.24, 2.45) is 0 Å². The van der Waals surface area contributed by atoms with Gasteiger partial charge in [-0.25, -0.2) is 4.39 Å². The largest absolute Gasteiger partial charge is 0.313 e. The van der Waals surface area contributed by atoms with E-state index in [4.69, 9.17) is 0 Å². The van der Waals surface area contributed by atoms with Gasteiger partial charge in [-0.15, -0.1) is 0 Å². The molecule has 0 saturated heterocycles. The van der Waals surface area contributed by atoms with Gasteiger partial charge in [0.1, 0.15) is 10.7 Å². The van der Waals surface area contributed by atoms with Crippen LogP contribution in [0, 0.1) is 5.82 Å². The van der Waals surface area contributed by atoms with Crippen LogP contribution in [0.1, 0.15) is 25.3 Å². The predicted octanol–water partition coefficient (Wildman–Crippen LogP) is 5.61. The molecule has 0 amide bonds. The molecule has 16 heavy (non-hydrogen) atoms. The van der Waals surface area contributed by atoms with Crippen molar-refractivity contribution in [2.45, 2.75) is 24.7 Å². The fourth-order valence-corrected chi connectivity index (χ4v) is 1.94. The maximum atomic E-state index is 13.0. The summed E-state index contributed by atoms with van der Waals surface area (Å²) in [5.41, 5.74) is 0.239. The second-order valence-electron chi connectivity index (χ2n) is 3.81. The molecule has 0 N–H and O–H groups in total. The van der Waals surface area contributed by atoms with E-state index in [1.165, 1.54) is 0 Å². The molecule has 0 bridgehead atoms. The molecule has 0 aliphatic carbocycles. The highest BCUT2D eigenvalue weighted by atomic mass is 32.5. The van der Waals surface area contributed by atoms with Crippen molar-refractivity contribution < 1.29 is 23.8 Å². The van der Waals surface area contributed by atoms with Crippen LogP contribution in [0.25, 0.3) is 0 Å². The van der Waals surface area contributed by atoms with E-state index < -0.39 is 20.9 Å². The molecule has 1 aromatic carbocycles. The SMILES string of the molecule is CC(C)c1ccc(S(F)(F)(F)(F)F)c(F)c1. The Kier molecular flexibility index (Phi) is 2.38.